The van der Waals surface area contributed by atoms with Gasteiger partial charge in [-0.15, -0.1) is 0 Å². The minimum atomic E-state index is -0.434. The molecule has 0 bridgehead atoms. The Morgan fingerprint density at radius 1 is 0.895 bits per heavy atom. The number of rotatable bonds is 10. The first kappa shape index (κ1) is 17.9. The maximum Gasteiger partial charge on any atom is 0.309 e. The topological polar surface area (TPSA) is 52.6 Å². The third kappa shape index (κ3) is 7.19. The van der Waals surface area contributed by atoms with E-state index in [0.717, 1.165) is 25.7 Å². The Labute approximate surface area is 116 Å². The zero-order chi connectivity index (χ0) is 14.7. The molecule has 0 heterocycles. The van der Waals surface area contributed by atoms with Gasteiger partial charge < -0.3 is 9.47 Å². The van der Waals surface area contributed by atoms with Crippen LogP contribution in [0.5, 0.6) is 0 Å². The summed E-state index contributed by atoms with van der Waals surface area (Å²) in [6.07, 6.45) is 4.28. The first-order valence-corrected chi connectivity index (χ1v) is 7.41. The monoisotopic (exact) mass is 272 g/mol. The van der Waals surface area contributed by atoms with Gasteiger partial charge in [0.05, 0.1) is 25.0 Å². The molecule has 2 atom stereocenters. The van der Waals surface area contributed by atoms with Crippen LogP contribution in [0.4, 0.5) is 0 Å². The molecule has 0 amide bonds. The quantitative estimate of drug-likeness (QED) is 0.452. The zero-order valence-corrected chi connectivity index (χ0v) is 12.7. The molecular weight excluding hydrogens is 244 g/mol. The van der Waals surface area contributed by atoms with Crippen LogP contribution >= 0.6 is 0 Å². The lowest BCUT2D eigenvalue weighted by Crippen LogP contribution is -2.30. The van der Waals surface area contributed by atoms with Crippen molar-refractivity contribution in [3.8, 4) is 0 Å². The number of carbonyl (C=O) groups excluding carboxylic acids is 2. The summed E-state index contributed by atoms with van der Waals surface area (Å²) < 4.78 is 10.3. The Balaban J connectivity index is 4.24. The minimum Gasteiger partial charge on any atom is -0.465 e. The summed E-state index contributed by atoms with van der Waals surface area (Å²) in [4.78, 5) is 23.7. The van der Waals surface area contributed by atoms with Crippen LogP contribution in [-0.2, 0) is 19.1 Å². The predicted octanol–water partition coefficient (Wildman–Crippen LogP) is 3.34. The molecular formula is C15H28O4. The van der Waals surface area contributed by atoms with Crippen molar-refractivity contribution < 1.29 is 19.1 Å². The van der Waals surface area contributed by atoms with Gasteiger partial charge in [-0.25, -0.2) is 0 Å². The summed E-state index contributed by atoms with van der Waals surface area (Å²) in [5.41, 5.74) is 0. The van der Waals surface area contributed by atoms with Crippen LogP contribution in [0, 0.1) is 11.8 Å². The molecule has 112 valence electrons. The highest BCUT2D eigenvalue weighted by Gasteiger charge is 2.30. The Hall–Kier alpha value is -1.06. The Morgan fingerprint density at radius 3 is 1.79 bits per heavy atom. The van der Waals surface area contributed by atoms with Crippen molar-refractivity contribution in [3.63, 3.8) is 0 Å². The van der Waals surface area contributed by atoms with E-state index in [2.05, 4.69) is 0 Å². The molecule has 0 radical (unpaired) electrons. The van der Waals surface area contributed by atoms with Crippen LogP contribution in [0.25, 0.3) is 0 Å². The van der Waals surface area contributed by atoms with E-state index in [1.54, 1.807) is 6.92 Å². The van der Waals surface area contributed by atoms with Crippen molar-refractivity contribution >= 4 is 11.9 Å². The van der Waals surface area contributed by atoms with Crippen molar-refractivity contribution in [1.82, 2.24) is 0 Å². The van der Waals surface area contributed by atoms with E-state index in [1.165, 1.54) is 0 Å². The Bertz CT molecular complexity index is 263. The first-order chi connectivity index (χ1) is 9.08. The molecule has 19 heavy (non-hydrogen) atoms. The summed E-state index contributed by atoms with van der Waals surface area (Å²) in [5.74, 6) is -1.41. The summed E-state index contributed by atoms with van der Waals surface area (Å²) in [7, 11) is 0. The van der Waals surface area contributed by atoms with E-state index in [1.807, 2.05) is 20.8 Å². The minimum absolute atomic E-state index is 0.282. The second-order valence-corrected chi connectivity index (χ2v) is 4.85. The maximum absolute atomic E-state index is 11.9. The van der Waals surface area contributed by atoms with Gasteiger partial charge in [-0.05, 0) is 19.3 Å². The van der Waals surface area contributed by atoms with Crippen LogP contribution in [0.2, 0.25) is 0 Å². The molecule has 4 nitrogen and oxygen atoms in total. The normalized spacial score (nSPS) is 13.7. The predicted molar refractivity (Wildman–Crippen MR) is 74.7 cm³/mol. The molecule has 4 heteroatoms. The van der Waals surface area contributed by atoms with E-state index in [9.17, 15) is 9.59 Å². The number of carbonyl (C=O) groups is 2. The molecule has 0 aliphatic heterocycles. The van der Waals surface area contributed by atoms with Gasteiger partial charge in [0.25, 0.3) is 0 Å². The van der Waals surface area contributed by atoms with Crippen molar-refractivity contribution in [3.05, 3.63) is 0 Å². The Kier molecular flexibility index (Phi) is 10.2. The lowest BCUT2D eigenvalue weighted by atomic mass is 9.92. The molecule has 0 saturated carbocycles. The average Bonchev–Trinajstić information content (AvgIpc) is 2.39. The average molecular weight is 272 g/mol. The van der Waals surface area contributed by atoms with Gasteiger partial charge in [-0.1, -0.05) is 40.5 Å². The van der Waals surface area contributed by atoms with Crippen LogP contribution in [0.1, 0.15) is 59.8 Å². The fraction of sp³-hybridized carbons (Fsp3) is 0.867. The molecule has 0 aromatic carbocycles. The van der Waals surface area contributed by atoms with Gasteiger partial charge in [0.2, 0.25) is 0 Å². The van der Waals surface area contributed by atoms with Gasteiger partial charge in [0.1, 0.15) is 0 Å². The molecule has 0 saturated heterocycles. The molecule has 0 aliphatic rings. The number of unbranched alkanes of at least 4 members (excludes halogenated alkanes) is 2. The van der Waals surface area contributed by atoms with Gasteiger partial charge >= 0.3 is 11.9 Å². The van der Waals surface area contributed by atoms with Gasteiger partial charge in [-0.2, -0.15) is 0 Å². The molecule has 0 aliphatic carbocycles. The highest BCUT2D eigenvalue weighted by atomic mass is 16.5. The SMILES string of the molecule is CCCCOC(=O)C(C)C(CC)C(=O)OCCCC. The first-order valence-electron chi connectivity index (χ1n) is 7.41. The molecule has 0 N–H and O–H groups in total. The number of ether oxygens (including phenoxy) is 2. The molecule has 0 aromatic heterocycles. The number of esters is 2. The fourth-order valence-electron chi connectivity index (χ4n) is 1.76. The van der Waals surface area contributed by atoms with Crippen molar-refractivity contribution in [2.24, 2.45) is 11.8 Å². The van der Waals surface area contributed by atoms with E-state index in [4.69, 9.17) is 9.47 Å². The van der Waals surface area contributed by atoms with Crippen LogP contribution in [-0.4, -0.2) is 25.2 Å². The molecule has 0 spiro atoms. The second-order valence-electron chi connectivity index (χ2n) is 4.85. The van der Waals surface area contributed by atoms with Gasteiger partial charge in [0.15, 0.2) is 0 Å². The lowest BCUT2D eigenvalue weighted by molar-refractivity contribution is -0.160. The summed E-state index contributed by atoms with van der Waals surface area (Å²) in [5, 5.41) is 0. The summed E-state index contributed by atoms with van der Waals surface area (Å²) in [6.45, 7) is 8.57. The van der Waals surface area contributed by atoms with E-state index in [-0.39, 0.29) is 11.9 Å². The smallest absolute Gasteiger partial charge is 0.309 e. The van der Waals surface area contributed by atoms with Crippen molar-refractivity contribution in [2.45, 2.75) is 59.8 Å². The standard InChI is InChI=1S/C15H28O4/c1-5-8-10-18-14(16)12(4)13(7-3)15(17)19-11-9-6-2/h12-13H,5-11H2,1-4H3. The summed E-state index contributed by atoms with van der Waals surface area (Å²) in [6, 6.07) is 0. The molecule has 0 fully saturated rings. The fourth-order valence-corrected chi connectivity index (χ4v) is 1.76. The van der Waals surface area contributed by atoms with Gasteiger partial charge in [0, 0.05) is 0 Å². The van der Waals surface area contributed by atoms with Crippen LogP contribution in [0.3, 0.4) is 0 Å². The third-order valence-corrected chi connectivity index (χ3v) is 3.20. The third-order valence-electron chi connectivity index (χ3n) is 3.20. The number of hydrogen-bond acceptors (Lipinski definition) is 4. The van der Waals surface area contributed by atoms with Crippen molar-refractivity contribution in [1.29, 1.82) is 0 Å². The summed E-state index contributed by atoms with van der Waals surface area (Å²) >= 11 is 0. The zero-order valence-electron chi connectivity index (χ0n) is 12.7. The lowest BCUT2D eigenvalue weighted by Gasteiger charge is -2.20. The second kappa shape index (κ2) is 10.8. The number of hydrogen-bond donors (Lipinski definition) is 0. The van der Waals surface area contributed by atoms with E-state index in [0.29, 0.717) is 19.6 Å². The van der Waals surface area contributed by atoms with Crippen LogP contribution in [0.15, 0.2) is 0 Å². The molecule has 0 aromatic rings. The molecule has 2 unspecified atom stereocenters. The van der Waals surface area contributed by atoms with E-state index < -0.39 is 11.8 Å². The molecule has 0 rings (SSSR count). The van der Waals surface area contributed by atoms with E-state index >= 15 is 0 Å². The maximum atomic E-state index is 11.9. The van der Waals surface area contributed by atoms with Crippen LogP contribution < -0.4 is 0 Å². The largest absolute Gasteiger partial charge is 0.465 e. The van der Waals surface area contributed by atoms with Crippen molar-refractivity contribution in [2.75, 3.05) is 13.2 Å². The van der Waals surface area contributed by atoms with Gasteiger partial charge in [-0.3, -0.25) is 9.59 Å². The Morgan fingerprint density at radius 2 is 1.37 bits per heavy atom. The highest BCUT2D eigenvalue weighted by Crippen LogP contribution is 2.19. The highest BCUT2D eigenvalue weighted by molar-refractivity contribution is 5.81.